The summed E-state index contributed by atoms with van der Waals surface area (Å²) >= 11 is 0. The minimum absolute atomic E-state index is 0.0994. The molecule has 0 heterocycles. The summed E-state index contributed by atoms with van der Waals surface area (Å²) in [5.74, 6) is -0.218. The largest absolute Gasteiger partial charge is 0.289 e. The highest BCUT2D eigenvalue weighted by Crippen LogP contribution is 2.29. The molecule has 3 aromatic rings. The van der Waals surface area contributed by atoms with E-state index in [1.54, 1.807) is 24.3 Å². The van der Waals surface area contributed by atoms with E-state index in [9.17, 15) is 9.59 Å². The highest BCUT2D eigenvalue weighted by atomic mass is 16.1. The summed E-state index contributed by atoms with van der Waals surface area (Å²) in [7, 11) is 0. The third-order valence-electron chi connectivity index (χ3n) is 4.26. The molecule has 4 rings (SSSR count). The lowest BCUT2D eigenvalue weighted by Crippen LogP contribution is -2.15. The lowest BCUT2D eigenvalue weighted by atomic mass is 9.86. The lowest BCUT2D eigenvalue weighted by Gasteiger charge is -2.15. The zero-order valence-electron chi connectivity index (χ0n) is 12.9. The van der Waals surface area contributed by atoms with Crippen LogP contribution in [0, 0.1) is 0 Å². The lowest BCUT2D eigenvalue weighted by molar-refractivity contribution is 0.100. The maximum absolute atomic E-state index is 12.7. The third-order valence-corrected chi connectivity index (χ3v) is 4.26. The summed E-state index contributed by atoms with van der Waals surface area (Å²) in [5, 5.41) is 0. The fraction of sp³-hybridized carbons (Fsp3) is 0. The number of carbonyl (C=O) groups excluding carboxylic acids is 2. The first-order valence-electron chi connectivity index (χ1n) is 7.79. The molecule has 2 nitrogen and oxygen atoms in total. The summed E-state index contributed by atoms with van der Waals surface area (Å²) in [5.41, 5.74) is 4.38. The molecule has 2 heteroatoms. The van der Waals surface area contributed by atoms with Gasteiger partial charge in [0.05, 0.1) is 0 Å². The van der Waals surface area contributed by atoms with Crippen molar-refractivity contribution in [2.75, 3.05) is 0 Å². The normalized spacial score (nSPS) is 13.4. The Balaban J connectivity index is 1.72. The van der Waals surface area contributed by atoms with Crippen LogP contribution < -0.4 is 0 Å². The first-order valence-corrected chi connectivity index (χ1v) is 7.79. The number of allylic oxidation sites excluding steroid dienone is 2. The van der Waals surface area contributed by atoms with Crippen LogP contribution in [0.1, 0.15) is 26.3 Å². The highest BCUT2D eigenvalue weighted by molar-refractivity contribution is 6.38. The first kappa shape index (κ1) is 14.3. The zero-order valence-corrected chi connectivity index (χ0v) is 12.9. The second kappa shape index (κ2) is 5.74. The predicted molar refractivity (Wildman–Crippen MR) is 95.0 cm³/mol. The van der Waals surface area contributed by atoms with Crippen LogP contribution >= 0.6 is 0 Å². The summed E-state index contributed by atoms with van der Waals surface area (Å²) in [6, 6.07) is 24.8. The quantitative estimate of drug-likeness (QED) is 0.680. The maximum atomic E-state index is 12.7. The van der Waals surface area contributed by atoms with E-state index in [1.165, 1.54) is 6.08 Å². The molecule has 1 aliphatic rings. The molecule has 0 amide bonds. The Labute approximate surface area is 140 Å². The molecule has 0 spiro atoms. The Morgan fingerprint density at radius 1 is 0.500 bits per heavy atom. The fourth-order valence-electron chi connectivity index (χ4n) is 3.00. The molecular weight excluding hydrogens is 296 g/mol. The van der Waals surface area contributed by atoms with E-state index in [2.05, 4.69) is 0 Å². The molecule has 114 valence electrons. The van der Waals surface area contributed by atoms with Crippen molar-refractivity contribution in [3.05, 3.63) is 102 Å². The Kier molecular flexibility index (Phi) is 3.43. The van der Waals surface area contributed by atoms with Gasteiger partial charge >= 0.3 is 0 Å². The van der Waals surface area contributed by atoms with E-state index in [0.29, 0.717) is 16.7 Å². The Hall–Kier alpha value is -3.26. The van der Waals surface area contributed by atoms with Gasteiger partial charge in [0.25, 0.3) is 0 Å². The van der Waals surface area contributed by atoms with Crippen molar-refractivity contribution in [1.82, 2.24) is 0 Å². The SMILES string of the molecule is O=C1C=C(c2ccc(-c3ccccc3)cc2)C(=O)c2ccccc21. The van der Waals surface area contributed by atoms with Crippen LogP contribution in [0.5, 0.6) is 0 Å². The molecule has 0 radical (unpaired) electrons. The van der Waals surface area contributed by atoms with Gasteiger partial charge < -0.3 is 0 Å². The summed E-state index contributed by atoms with van der Waals surface area (Å²) in [6.45, 7) is 0. The summed E-state index contributed by atoms with van der Waals surface area (Å²) in [4.78, 5) is 25.0. The number of fused-ring (bicyclic) bond motifs is 1. The molecule has 0 aliphatic heterocycles. The predicted octanol–water partition coefficient (Wildman–Crippen LogP) is 4.82. The minimum atomic E-state index is -0.118. The molecule has 0 unspecified atom stereocenters. The van der Waals surface area contributed by atoms with Gasteiger partial charge in [-0.05, 0) is 22.8 Å². The molecule has 3 aromatic carbocycles. The van der Waals surface area contributed by atoms with Gasteiger partial charge in [0.2, 0.25) is 0 Å². The monoisotopic (exact) mass is 310 g/mol. The summed E-state index contributed by atoms with van der Waals surface area (Å²) < 4.78 is 0. The second-order valence-electron chi connectivity index (χ2n) is 5.74. The van der Waals surface area contributed by atoms with Crippen LogP contribution in [-0.2, 0) is 0 Å². The van der Waals surface area contributed by atoms with Crippen molar-refractivity contribution < 1.29 is 9.59 Å². The molecule has 1 aliphatic carbocycles. The van der Waals surface area contributed by atoms with Crippen molar-refractivity contribution in [1.29, 1.82) is 0 Å². The zero-order chi connectivity index (χ0) is 16.5. The van der Waals surface area contributed by atoms with Crippen LogP contribution in [-0.4, -0.2) is 11.6 Å². The van der Waals surface area contributed by atoms with E-state index in [1.807, 2.05) is 54.6 Å². The second-order valence-corrected chi connectivity index (χ2v) is 5.74. The molecule has 0 atom stereocenters. The molecule has 0 saturated carbocycles. The topological polar surface area (TPSA) is 34.1 Å². The van der Waals surface area contributed by atoms with Crippen LogP contribution in [0.4, 0.5) is 0 Å². The van der Waals surface area contributed by atoms with Crippen LogP contribution in [0.3, 0.4) is 0 Å². The van der Waals surface area contributed by atoms with E-state index < -0.39 is 0 Å². The van der Waals surface area contributed by atoms with Crippen molar-refractivity contribution in [3.8, 4) is 11.1 Å². The van der Waals surface area contributed by atoms with Gasteiger partial charge in [0, 0.05) is 16.7 Å². The van der Waals surface area contributed by atoms with Gasteiger partial charge in [-0.2, -0.15) is 0 Å². The van der Waals surface area contributed by atoms with E-state index in [0.717, 1.165) is 16.7 Å². The van der Waals surface area contributed by atoms with Crippen molar-refractivity contribution in [3.63, 3.8) is 0 Å². The number of hydrogen-bond acceptors (Lipinski definition) is 2. The number of benzene rings is 3. The molecule has 0 fully saturated rings. The van der Waals surface area contributed by atoms with Gasteiger partial charge in [-0.3, -0.25) is 9.59 Å². The van der Waals surface area contributed by atoms with Gasteiger partial charge in [0.15, 0.2) is 11.6 Å². The number of hydrogen-bond donors (Lipinski definition) is 0. The Morgan fingerprint density at radius 2 is 1.04 bits per heavy atom. The van der Waals surface area contributed by atoms with Crippen LogP contribution in [0.25, 0.3) is 16.7 Å². The van der Waals surface area contributed by atoms with Crippen LogP contribution in [0.15, 0.2) is 84.9 Å². The molecule has 0 N–H and O–H groups in total. The Morgan fingerprint density at radius 3 is 1.75 bits per heavy atom. The van der Waals surface area contributed by atoms with Crippen molar-refractivity contribution >= 4 is 17.1 Å². The average Bonchev–Trinajstić information content (AvgIpc) is 2.66. The molecular formula is C22H14O2. The maximum Gasteiger partial charge on any atom is 0.194 e. The number of Topliss-reactive ketones (excluding diaryl/α,β-unsaturated/α-hetero) is 1. The number of rotatable bonds is 2. The van der Waals surface area contributed by atoms with Gasteiger partial charge in [-0.1, -0.05) is 78.9 Å². The number of carbonyl (C=O) groups is 2. The van der Waals surface area contributed by atoms with E-state index in [-0.39, 0.29) is 11.6 Å². The van der Waals surface area contributed by atoms with Crippen LogP contribution in [0.2, 0.25) is 0 Å². The highest BCUT2D eigenvalue weighted by Gasteiger charge is 2.25. The smallest absolute Gasteiger partial charge is 0.194 e. The van der Waals surface area contributed by atoms with E-state index >= 15 is 0 Å². The minimum Gasteiger partial charge on any atom is -0.289 e. The third kappa shape index (κ3) is 2.38. The first-order chi connectivity index (χ1) is 11.7. The van der Waals surface area contributed by atoms with Gasteiger partial charge in [-0.25, -0.2) is 0 Å². The average molecular weight is 310 g/mol. The van der Waals surface area contributed by atoms with Crippen molar-refractivity contribution in [2.45, 2.75) is 0 Å². The van der Waals surface area contributed by atoms with Gasteiger partial charge in [0.1, 0.15) is 0 Å². The van der Waals surface area contributed by atoms with Crippen molar-refractivity contribution in [2.24, 2.45) is 0 Å². The summed E-state index contributed by atoms with van der Waals surface area (Å²) in [6.07, 6.45) is 1.45. The Bertz CT molecular complexity index is 964. The molecule has 0 bridgehead atoms. The fourth-order valence-corrected chi connectivity index (χ4v) is 3.00. The molecule has 0 aromatic heterocycles. The number of ketones is 2. The van der Waals surface area contributed by atoms with Gasteiger partial charge in [-0.15, -0.1) is 0 Å². The standard InChI is InChI=1S/C22H14O2/c23-21-14-20(22(24)19-9-5-4-8-18(19)21)17-12-10-16(11-13-17)15-6-2-1-3-7-15/h1-14H. The van der Waals surface area contributed by atoms with E-state index in [4.69, 9.17) is 0 Å². The molecule has 24 heavy (non-hydrogen) atoms. The molecule has 0 saturated heterocycles.